The summed E-state index contributed by atoms with van der Waals surface area (Å²) in [6, 6.07) is 10.4. The molecule has 12 heteroatoms. The normalized spacial score (nSPS) is 19.5. The van der Waals surface area contributed by atoms with Crippen molar-refractivity contribution >= 4 is 51.0 Å². The largest absolute Gasteiger partial charge is 0.339 e. The molecule has 1 N–H and O–H groups in total. The van der Waals surface area contributed by atoms with Gasteiger partial charge in [-0.15, -0.1) is 0 Å². The number of anilines is 1. The molecule has 3 aliphatic rings. The third-order valence-corrected chi connectivity index (χ3v) is 11.5. The summed E-state index contributed by atoms with van der Waals surface area (Å²) in [7, 11) is 1.91. The summed E-state index contributed by atoms with van der Waals surface area (Å²) in [5, 5.41) is 8.90. The van der Waals surface area contributed by atoms with Crippen LogP contribution < -0.4 is 5.32 Å². The van der Waals surface area contributed by atoms with Crippen molar-refractivity contribution in [1.82, 2.24) is 29.5 Å². The van der Waals surface area contributed by atoms with Crippen molar-refractivity contribution in [3.8, 4) is 27.5 Å². The lowest BCUT2D eigenvalue weighted by molar-refractivity contribution is 0.0646. The van der Waals surface area contributed by atoms with Gasteiger partial charge in [-0.25, -0.2) is 9.67 Å². The van der Waals surface area contributed by atoms with E-state index in [4.69, 9.17) is 21.7 Å². The summed E-state index contributed by atoms with van der Waals surface area (Å²) in [5.74, 6) is 0.645. The van der Waals surface area contributed by atoms with Crippen LogP contribution in [0, 0.1) is 0 Å². The molecular weight excluding hydrogens is 638 g/mol. The molecule has 4 heterocycles. The Morgan fingerprint density at radius 2 is 1.93 bits per heavy atom. The van der Waals surface area contributed by atoms with E-state index < -0.39 is 0 Å². The number of nitrogens with zero attached hydrogens (tertiary/aromatic N) is 6. The Kier molecular flexibility index (Phi) is 9.18. The molecule has 3 aromatic heterocycles. The molecule has 4 aromatic rings. The van der Waals surface area contributed by atoms with Crippen LogP contribution in [-0.2, 0) is 12.8 Å². The number of rotatable bonds is 7. The molecule has 1 saturated heterocycles. The van der Waals surface area contributed by atoms with E-state index in [0.29, 0.717) is 27.5 Å². The van der Waals surface area contributed by atoms with Crippen LogP contribution in [0.2, 0.25) is 5.02 Å². The van der Waals surface area contributed by atoms with Gasteiger partial charge in [-0.1, -0.05) is 41.6 Å². The van der Waals surface area contributed by atoms with Crippen LogP contribution >= 0.6 is 34.7 Å². The molecule has 2 fully saturated rings. The first kappa shape index (κ1) is 31.4. The number of thioether (sulfide) groups is 1. The SMILES string of the molecule is CCSC(=O)Nc1nc2c(s1)-c1c(c(-c3cccnc3)nn1-c1ccc(C(=O)N(C)[C@H]3CC[C@@H](N4CCCC4)CC3)c(Cl)c1)CC2. The molecule has 0 radical (unpaired) electrons. The number of nitrogens with one attached hydrogen (secondary N) is 1. The predicted octanol–water partition coefficient (Wildman–Crippen LogP) is 7.57. The molecule has 2 amide bonds. The first-order valence-electron chi connectivity index (χ1n) is 16.2. The molecule has 2 aliphatic carbocycles. The number of aryl methyl sites for hydroxylation is 1. The molecule has 0 unspecified atom stereocenters. The topological polar surface area (TPSA) is 96.2 Å². The standard InChI is InChI=1S/C34H38ClN7O2S2/c1-3-45-34(44)38-33-37-28-15-14-26-29(21-7-6-16-36-20-21)39-42(30(26)31(28)46-33)24-12-13-25(27(35)19-24)32(43)40(2)22-8-10-23(11-9-22)41-17-4-5-18-41/h6-7,12-13,16,19-20,22-23H,3-5,8-11,14-15,17-18H2,1-2H3,(H,37,38,44)/t22-,23+. The molecule has 0 spiro atoms. The Labute approximate surface area is 282 Å². The Balaban J connectivity index is 1.18. The van der Waals surface area contributed by atoms with Gasteiger partial charge in [0.2, 0.25) is 0 Å². The van der Waals surface area contributed by atoms with Crippen molar-refractivity contribution in [3.05, 3.63) is 64.6 Å². The summed E-state index contributed by atoms with van der Waals surface area (Å²) in [6.45, 7) is 4.38. The maximum atomic E-state index is 13.7. The second kappa shape index (κ2) is 13.5. The Hall–Kier alpha value is -3.25. The van der Waals surface area contributed by atoms with E-state index in [1.807, 2.05) is 60.1 Å². The molecule has 0 bridgehead atoms. The van der Waals surface area contributed by atoms with Gasteiger partial charge in [-0.2, -0.15) is 5.10 Å². The zero-order chi connectivity index (χ0) is 31.8. The number of carbonyl (C=O) groups is 2. The lowest BCUT2D eigenvalue weighted by Crippen LogP contribution is -2.44. The van der Waals surface area contributed by atoms with Crippen molar-refractivity contribution in [3.63, 3.8) is 0 Å². The first-order chi connectivity index (χ1) is 22.4. The minimum atomic E-state index is -0.116. The Morgan fingerprint density at radius 1 is 1.13 bits per heavy atom. The monoisotopic (exact) mass is 675 g/mol. The number of benzene rings is 1. The number of amides is 2. The Morgan fingerprint density at radius 3 is 2.65 bits per heavy atom. The van der Waals surface area contributed by atoms with Crippen molar-refractivity contribution in [2.75, 3.05) is 31.2 Å². The fourth-order valence-corrected chi connectivity index (χ4v) is 9.00. The average Bonchev–Trinajstić information content (AvgIpc) is 3.83. The first-order valence-corrected chi connectivity index (χ1v) is 18.4. The zero-order valence-electron chi connectivity index (χ0n) is 26.2. The van der Waals surface area contributed by atoms with Crippen LogP contribution in [0.15, 0.2) is 42.7 Å². The van der Waals surface area contributed by atoms with Crippen LogP contribution in [-0.4, -0.2) is 78.7 Å². The number of hydrogen-bond donors (Lipinski definition) is 1. The molecule has 7 rings (SSSR count). The van der Waals surface area contributed by atoms with Crippen molar-refractivity contribution in [2.45, 2.75) is 70.4 Å². The zero-order valence-corrected chi connectivity index (χ0v) is 28.6. The molecule has 1 aromatic carbocycles. The molecule has 1 saturated carbocycles. The number of thiazole rings is 1. The fraction of sp³-hybridized carbons (Fsp3) is 0.441. The van der Waals surface area contributed by atoms with Gasteiger partial charge in [-0.3, -0.25) is 19.9 Å². The number of fused-ring (bicyclic) bond motifs is 3. The van der Waals surface area contributed by atoms with Gasteiger partial charge in [0.1, 0.15) is 0 Å². The minimum absolute atomic E-state index is 0.0465. The van der Waals surface area contributed by atoms with E-state index >= 15 is 0 Å². The summed E-state index contributed by atoms with van der Waals surface area (Å²) >= 11 is 9.58. The lowest BCUT2D eigenvalue weighted by Gasteiger charge is -2.38. The number of hydrogen-bond acceptors (Lipinski definition) is 8. The van der Waals surface area contributed by atoms with E-state index in [1.54, 1.807) is 6.20 Å². The van der Waals surface area contributed by atoms with Gasteiger partial charge >= 0.3 is 0 Å². The second-order valence-corrected chi connectivity index (χ2v) is 14.9. The number of halogens is 1. The van der Waals surface area contributed by atoms with Crippen molar-refractivity contribution < 1.29 is 9.59 Å². The van der Waals surface area contributed by atoms with Gasteiger partial charge in [0, 0.05) is 42.7 Å². The van der Waals surface area contributed by atoms with E-state index in [-0.39, 0.29) is 17.2 Å². The van der Waals surface area contributed by atoms with E-state index in [9.17, 15) is 9.59 Å². The van der Waals surface area contributed by atoms with Gasteiger partial charge in [-0.05, 0) is 101 Å². The molecule has 240 valence electrons. The van der Waals surface area contributed by atoms with Gasteiger partial charge in [0.05, 0.1) is 38.2 Å². The lowest BCUT2D eigenvalue weighted by atomic mass is 9.89. The maximum absolute atomic E-state index is 13.7. The van der Waals surface area contributed by atoms with Gasteiger partial charge < -0.3 is 9.80 Å². The molecule has 9 nitrogen and oxygen atoms in total. The summed E-state index contributed by atoms with van der Waals surface area (Å²) in [4.78, 5) is 40.7. The summed E-state index contributed by atoms with van der Waals surface area (Å²) in [6.07, 6.45) is 12.0. The van der Waals surface area contributed by atoms with Crippen LogP contribution in [0.25, 0.3) is 27.5 Å². The molecule has 1 aliphatic heterocycles. The highest BCUT2D eigenvalue weighted by Gasteiger charge is 2.33. The van der Waals surface area contributed by atoms with Gasteiger partial charge in [0.25, 0.3) is 11.1 Å². The number of pyridine rings is 1. The van der Waals surface area contributed by atoms with Crippen molar-refractivity contribution in [1.29, 1.82) is 0 Å². The van der Waals surface area contributed by atoms with Crippen LogP contribution in [0.5, 0.6) is 0 Å². The van der Waals surface area contributed by atoms with E-state index in [2.05, 4.69) is 15.2 Å². The predicted molar refractivity (Wildman–Crippen MR) is 186 cm³/mol. The summed E-state index contributed by atoms with van der Waals surface area (Å²) < 4.78 is 1.91. The van der Waals surface area contributed by atoms with Crippen LogP contribution in [0.1, 0.15) is 67.1 Å². The third-order valence-electron chi connectivity index (χ3n) is 9.55. The third kappa shape index (κ3) is 6.10. The number of likely N-dealkylation sites (tertiary alicyclic amines) is 1. The van der Waals surface area contributed by atoms with Crippen LogP contribution in [0.3, 0.4) is 0 Å². The molecule has 46 heavy (non-hydrogen) atoms. The quantitative estimate of drug-likeness (QED) is 0.216. The molecule has 0 atom stereocenters. The van der Waals surface area contributed by atoms with Crippen LogP contribution in [0.4, 0.5) is 9.93 Å². The minimum Gasteiger partial charge on any atom is -0.339 e. The number of aromatic nitrogens is 4. The highest BCUT2D eigenvalue weighted by atomic mass is 35.5. The smallest absolute Gasteiger partial charge is 0.285 e. The maximum Gasteiger partial charge on any atom is 0.285 e. The average molecular weight is 676 g/mol. The number of carbonyl (C=O) groups excluding carboxylic acids is 2. The van der Waals surface area contributed by atoms with Crippen molar-refractivity contribution in [2.24, 2.45) is 0 Å². The highest BCUT2D eigenvalue weighted by Crippen LogP contribution is 2.44. The fourth-order valence-electron chi connectivity index (χ4n) is 7.18. The second-order valence-electron chi connectivity index (χ2n) is 12.3. The molecular formula is C34H38ClN7O2S2. The Bertz CT molecular complexity index is 1740. The highest BCUT2D eigenvalue weighted by molar-refractivity contribution is 8.13. The van der Waals surface area contributed by atoms with E-state index in [0.717, 1.165) is 77.3 Å². The van der Waals surface area contributed by atoms with Gasteiger partial charge in [0.15, 0.2) is 5.13 Å². The summed E-state index contributed by atoms with van der Waals surface area (Å²) in [5.41, 5.74) is 6.02. The van der Waals surface area contributed by atoms with E-state index in [1.165, 1.54) is 49.0 Å².